The van der Waals surface area contributed by atoms with Crippen LogP contribution in [0.5, 0.6) is 0 Å². The first-order valence-electron chi connectivity index (χ1n) is 4.51. The normalized spacial score (nSPS) is 10.5. The van der Waals surface area contributed by atoms with E-state index in [1.807, 2.05) is 0 Å². The van der Waals surface area contributed by atoms with Gasteiger partial charge in [-0.05, 0) is 6.42 Å². The Morgan fingerprint density at radius 2 is 1.47 bits per heavy atom. The Hall–Kier alpha value is -1.32. The summed E-state index contributed by atoms with van der Waals surface area (Å²) in [5.41, 5.74) is -1.30. The average Bonchev–Trinajstić information content (AvgIpc) is 2.23. The van der Waals surface area contributed by atoms with Crippen molar-refractivity contribution in [3.8, 4) is 0 Å². The van der Waals surface area contributed by atoms with Gasteiger partial charge in [0, 0.05) is 5.56 Å². The minimum atomic E-state index is -1.38. The van der Waals surface area contributed by atoms with Gasteiger partial charge in [-0.3, -0.25) is 0 Å². The van der Waals surface area contributed by atoms with E-state index in [9.17, 15) is 17.6 Å². The van der Waals surface area contributed by atoms with E-state index in [0.717, 1.165) is 6.08 Å². The van der Waals surface area contributed by atoms with E-state index in [2.05, 4.69) is 6.58 Å². The van der Waals surface area contributed by atoms with Gasteiger partial charge in [-0.25, -0.2) is 17.6 Å². The molecule has 0 fully saturated rings. The van der Waals surface area contributed by atoms with Crippen molar-refractivity contribution in [1.29, 1.82) is 0 Å². The van der Waals surface area contributed by atoms with Gasteiger partial charge in [0.15, 0.2) is 23.3 Å². The minimum absolute atomic E-state index is 0.0388. The predicted molar refractivity (Wildman–Crippen MR) is 50.4 cm³/mol. The van der Waals surface area contributed by atoms with E-state index in [0.29, 0.717) is 6.42 Å². The fraction of sp³-hybridized carbons (Fsp3) is 0.273. The lowest BCUT2D eigenvalue weighted by Gasteiger charge is -2.08. The molecule has 0 bridgehead atoms. The Morgan fingerprint density at radius 3 is 1.80 bits per heavy atom. The van der Waals surface area contributed by atoms with Gasteiger partial charge in [0.05, 0.1) is 5.56 Å². The summed E-state index contributed by atoms with van der Waals surface area (Å²) in [5.74, 6) is -5.42. The molecule has 0 unspecified atom stereocenters. The highest BCUT2D eigenvalue weighted by atomic mass is 19.2. The standard InChI is InChI=1S/C11H10F4/c1-3-5-7-10(14)8(12)6(4-2)9(13)11(7)15/h4H,2-3,5H2,1H3. The van der Waals surface area contributed by atoms with Crippen molar-refractivity contribution in [3.63, 3.8) is 0 Å². The first kappa shape index (κ1) is 11.8. The number of hydrogen-bond acceptors (Lipinski definition) is 0. The molecule has 0 aromatic heterocycles. The van der Waals surface area contributed by atoms with E-state index < -0.39 is 34.4 Å². The molecule has 0 heterocycles. The summed E-state index contributed by atoms with van der Waals surface area (Å²) in [6.07, 6.45) is 1.12. The molecule has 1 aromatic carbocycles. The average molecular weight is 218 g/mol. The van der Waals surface area contributed by atoms with Gasteiger partial charge < -0.3 is 0 Å². The lowest BCUT2D eigenvalue weighted by molar-refractivity contribution is 0.435. The number of benzene rings is 1. The fourth-order valence-corrected chi connectivity index (χ4v) is 1.34. The maximum Gasteiger partial charge on any atom is 0.169 e. The molecule has 82 valence electrons. The first-order valence-corrected chi connectivity index (χ1v) is 4.51. The topological polar surface area (TPSA) is 0 Å². The van der Waals surface area contributed by atoms with E-state index in [-0.39, 0.29) is 6.42 Å². The van der Waals surface area contributed by atoms with Crippen molar-refractivity contribution in [2.75, 3.05) is 0 Å². The van der Waals surface area contributed by atoms with E-state index in [4.69, 9.17) is 0 Å². The number of halogens is 4. The van der Waals surface area contributed by atoms with Gasteiger partial charge in [-0.1, -0.05) is 26.0 Å². The summed E-state index contributed by atoms with van der Waals surface area (Å²) in [6.45, 7) is 4.76. The summed E-state index contributed by atoms with van der Waals surface area (Å²) < 4.78 is 52.8. The highest BCUT2D eigenvalue weighted by Gasteiger charge is 2.22. The Morgan fingerprint density at radius 1 is 1.00 bits per heavy atom. The van der Waals surface area contributed by atoms with Crippen molar-refractivity contribution in [2.45, 2.75) is 19.8 Å². The van der Waals surface area contributed by atoms with E-state index in [1.54, 1.807) is 6.92 Å². The van der Waals surface area contributed by atoms with Crippen molar-refractivity contribution >= 4 is 6.08 Å². The fourth-order valence-electron chi connectivity index (χ4n) is 1.34. The molecule has 0 atom stereocenters. The lowest BCUT2D eigenvalue weighted by atomic mass is 10.0. The van der Waals surface area contributed by atoms with Crippen LogP contribution in [-0.2, 0) is 6.42 Å². The molecule has 0 aliphatic carbocycles. The Bertz CT molecular complexity index is 367. The molecule has 0 spiro atoms. The molecular formula is C11H10F4. The van der Waals surface area contributed by atoms with Crippen LogP contribution in [0, 0.1) is 23.3 Å². The third kappa shape index (κ3) is 1.89. The van der Waals surface area contributed by atoms with Crippen LogP contribution in [0.1, 0.15) is 24.5 Å². The van der Waals surface area contributed by atoms with Gasteiger partial charge in [0.25, 0.3) is 0 Å². The van der Waals surface area contributed by atoms with Crippen LogP contribution in [-0.4, -0.2) is 0 Å². The molecule has 4 heteroatoms. The summed E-state index contributed by atoms with van der Waals surface area (Å²) >= 11 is 0. The quantitative estimate of drug-likeness (QED) is 0.534. The molecule has 0 aliphatic rings. The smallest absolute Gasteiger partial charge is 0.169 e. The van der Waals surface area contributed by atoms with Crippen molar-refractivity contribution in [1.82, 2.24) is 0 Å². The Kier molecular flexibility index (Phi) is 3.50. The molecule has 0 nitrogen and oxygen atoms in total. The summed E-state index contributed by atoms with van der Waals surface area (Å²) in [4.78, 5) is 0. The van der Waals surface area contributed by atoms with Crippen molar-refractivity contribution in [2.24, 2.45) is 0 Å². The molecular weight excluding hydrogens is 208 g/mol. The van der Waals surface area contributed by atoms with E-state index >= 15 is 0 Å². The first-order chi connectivity index (χ1) is 7.04. The molecule has 1 aromatic rings. The van der Waals surface area contributed by atoms with Crippen LogP contribution in [0.15, 0.2) is 6.58 Å². The highest BCUT2D eigenvalue weighted by molar-refractivity contribution is 5.50. The minimum Gasteiger partial charge on any atom is -0.203 e. The van der Waals surface area contributed by atoms with Crippen LogP contribution < -0.4 is 0 Å². The molecule has 0 radical (unpaired) electrons. The Balaban J connectivity index is 3.51. The monoisotopic (exact) mass is 218 g/mol. The SMILES string of the molecule is C=Cc1c(F)c(F)c(CCC)c(F)c1F. The Labute approximate surface area is 85.2 Å². The zero-order chi connectivity index (χ0) is 11.6. The number of hydrogen-bond donors (Lipinski definition) is 0. The molecule has 0 N–H and O–H groups in total. The highest BCUT2D eigenvalue weighted by Crippen LogP contribution is 2.25. The van der Waals surface area contributed by atoms with Gasteiger partial charge in [-0.2, -0.15) is 0 Å². The predicted octanol–water partition coefficient (Wildman–Crippen LogP) is 3.84. The second kappa shape index (κ2) is 4.47. The zero-order valence-electron chi connectivity index (χ0n) is 8.21. The van der Waals surface area contributed by atoms with Crippen molar-refractivity contribution < 1.29 is 17.6 Å². The zero-order valence-corrected chi connectivity index (χ0v) is 8.21. The number of rotatable bonds is 3. The second-order valence-electron chi connectivity index (χ2n) is 3.10. The van der Waals surface area contributed by atoms with Crippen LogP contribution in [0.2, 0.25) is 0 Å². The maximum absolute atomic E-state index is 13.2. The summed E-state index contributed by atoms with van der Waals surface area (Å²) in [7, 11) is 0. The molecule has 0 saturated heterocycles. The summed E-state index contributed by atoms with van der Waals surface area (Å²) in [6, 6.07) is 0. The second-order valence-corrected chi connectivity index (χ2v) is 3.10. The molecule has 0 saturated carbocycles. The summed E-state index contributed by atoms with van der Waals surface area (Å²) in [5, 5.41) is 0. The maximum atomic E-state index is 13.2. The van der Waals surface area contributed by atoms with Crippen molar-refractivity contribution in [3.05, 3.63) is 41.0 Å². The largest absolute Gasteiger partial charge is 0.203 e. The third-order valence-electron chi connectivity index (χ3n) is 2.09. The van der Waals surface area contributed by atoms with Crippen LogP contribution in [0.4, 0.5) is 17.6 Å². The van der Waals surface area contributed by atoms with Gasteiger partial charge in [0.2, 0.25) is 0 Å². The van der Waals surface area contributed by atoms with Gasteiger partial charge in [-0.15, -0.1) is 0 Å². The van der Waals surface area contributed by atoms with Gasteiger partial charge >= 0.3 is 0 Å². The van der Waals surface area contributed by atoms with Crippen LogP contribution in [0.3, 0.4) is 0 Å². The molecule has 0 aliphatic heterocycles. The molecule has 15 heavy (non-hydrogen) atoms. The van der Waals surface area contributed by atoms with Crippen LogP contribution >= 0.6 is 0 Å². The molecule has 1 rings (SSSR count). The van der Waals surface area contributed by atoms with Gasteiger partial charge in [0.1, 0.15) is 0 Å². The molecule has 0 amide bonds. The third-order valence-corrected chi connectivity index (χ3v) is 2.09. The van der Waals surface area contributed by atoms with Crippen LogP contribution in [0.25, 0.3) is 6.08 Å². The lowest BCUT2D eigenvalue weighted by Crippen LogP contribution is -2.06. The van der Waals surface area contributed by atoms with E-state index in [1.165, 1.54) is 0 Å².